The Balaban J connectivity index is 2.75. The lowest BCUT2D eigenvalue weighted by Gasteiger charge is -2.20. The van der Waals surface area contributed by atoms with Gasteiger partial charge in [0.2, 0.25) is 10.0 Å². The van der Waals surface area contributed by atoms with Gasteiger partial charge in [0, 0.05) is 18.8 Å². The third-order valence-corrected chi connectivity index (χ3v) is 4.82. The topological polar surface area (TPSA) is 63.4 Å². The van der Waals surface area contributed by atoms with Crippen molar-refractivity contribution >= 4 is 15.7 Å². The van der Waals surface area contributed by atoms with Crippen LogP contribution in [0.2, 0.25) is 0 Å². The number of sulfonamides is 1. The Morgan fingerprint density at radius 1 is 1.17 bits per heavy atom. The van der Waals surface area contributed by atoms with Crippen molar-refractivity contribution in [2.45, 2.75) is 33.2 Å². The molecule has 1 rings (SSSR count). The van der Waals surface area contributed by atoms with Crippen LogP contribution in [0.15, 0.2) is 24.3 Å². The molecule has 1 aromatic carbocycles. The van der Waals surface area contributed by atoms with Crippen LogP contribution in [0.25, 0.3) is 0 Å². The number of benzene rings is 1. The van der Waals surface area contributed by atoms with Crippen LogP contribution in [0, 0.1) is 0 Å². The van der Waals surface area contributed by atoms with Gasteiger partial charge in [-0.3, -0.25) is 0 Å². The van der Waals surface area contributed by atoms with E-state index in [4.69, 9.17) is 5.73 Å². The van der Waals surface area contributed by atoms with E-state index in [2.05, 4.69) is 0 Å². The van der Waals surface area contributed by atoms with Crippen molar-refractivity contribution in [3.8, 4) is 0 Å². The van der Waals surface area contributed by atoms with Crippen LogP contribution in [0.1, 0.15) is 32.3 Å². The fourth-order valence-electron chi connectivity index (χ4n) is 1.69. The van der Waals surface area contributed by atoms with Gasteiger partial charge in [0.15, 0.2) is 0 Å². The minimum absolute atomic E-state index is 0.228. The van der Waals surface area contributed by atoms with Crippen molar-refractivity contribution in [2.75, 3.05) is 18.0 Å². The molecule has 5 heteroatoms. The second-order valence-electron chi connectivity index (χ2n) is 4.34. The minimum atomic E-state index is -3.14. The minimum Gasteiger partial charge on any atom is -0.399 e. The summed E-state index contributed by atoms with van der Waals surface area (Å²) in [6.45, 7) is 4.77. The first-order valence-electron chi connectivity index (χ1n) is 6.31. The zero-order valence-electron chi connectivity index (χ0n) is 11.1. The van der Waals surface area contributed by atoms with E-state index in [1.54, 1.807) is 12.1 Å². The maximum absolute atomic E-state index is 12.1. The fraction of sp³-hybridized carbons (Fsp3) is 0.538. The lowest BCUT2D eigenvalue weighted by atomic mass is 10.2. The van der Waals surface area contributed by atoms with Crippen LogP contribution in [0.5, 0.6) is 0 Å². The van der Waals surface area contributed by atoms with Gasteiger partial charge in [0.05, 0.1) is 5.75 Å². The molecule has 0 aromatic heterocycles. The van der Waals surface area contributed by atoms with Gasteiger partial charge in [-0.15, -0.1) is 0 Å². The molecule has 0 radical (unpaired) electrons. The second-order valence-corrected chi connectivity index (χ2v) is 6.43. The van der Waals surface area contributed by atoms with Crippen molar-refractivity contribution in [2.24, 2.45) is 0 Å². The molecule has 18 heavy (non-hydrogen) atoms. The maximum Gasteiger partial charge on any atom is 0.214 e. The highest BCUT2D eigenvalue weighted by atomic mass is 32.2. The quantitative estimate of drug-likeness (QED) is 0.773. The fourth-order valence-corrected chi connectivity index (χ4v) is 3.34. The van der Waals surface area contributed by atoms with E-state index in [0.29, 0.717) is 25.2 Å². The summed E-state index contributed by atoms with van der Waals surface area (Å²) in [6, 6.07) is 7.32. The highest BCUT2D eigenvalue weighted by Crippen LogP contribution is 2.12. The number of nitrogens with zero attached hydrogens (tertiary/aromatic N) is 1. The molecule has 0 amide bonds. The first-order valence-corrected chi connectivity index (χ1v) is 7.92. The molecular formula is C13H22N2O2S. The molecule has 0 aliphatic rings. The highest BCUT2D eigenvalue weighted by Gasteiger charge is 2.19. The SMILES string of the molecule is CCCCS(=O)(=O)N(CC)Cc1ccc(N)cc1. The summed E-state index contributed by atoms with van der Waals surface area (Å²) in [4.78, 5) is 0. The molecule has 0 heterocycles. The summed E-state index contributed by atoms with van der Waals surface area (Å²) < 4.78 is 25.7. The van der Waals surface area contributed by atoms with Gasteiger partial charge in [-0.25, -0.2) is 8.42 Å². The first kappa shape index (κ1) is 15.0. The Bertz CT molecular complexity index is 454. The number of nitrogens with two attached hydrogens (primary N) is 1. The van der Waals surface area contributed by atoms with Crippen LogP contribution < -0.4 is 5.73 Å². The van der Waals surface area contributed by atoms with Crippen LogP contribution in [-0.4, -0.2) is 25.0 Å². The van der Waals surface area contributed by atoms with Crippen molar-refractivity contribution in [1.82, 2.24) is 4.31 Å². The lowest BCUT2D eigenvalue weighted by Crippen LogP contribution is -2.32. The molecule has 2 N–H and O–H groups in total. The van der Waals surface area contributed by atoms with E-state index < -0.39 is 10.0 Å². The molecule has 0 atom stereocenters. The van der Waals surface area contributed by atoms with Gasteiger partial charge < -0.3 is 5.73 Å². The smallest absolute Gasteiger partial charge is 0.214 e. The Morgan fingerprint density at radius 2 is 1.78 bits per heavy atom. The van der Waals surface area contributed by atoms with Crippen molar-refractivity contribution in [3.63, 3.8) is 0 Å². The van der Waals surface area contributed by atoms with Gasteiger partial charge in [-0.05, 0) is 24.1 Å². The molecule has 4 nitrogen and oxygen atoms in total. The average Bonchev–Trinajstić information content (AvgIpc) is 2.35. The molecular weight excluding hydrogens is 248 g/mol. The van der Waals surface area contributed by atoms with Crippen LogP contribution in [0.3, 0.4) is 0 Å². The Hall–Kier alpha value is -1.07. The predicted molar refractivity (Wildman–Crippen MR) is 75.6 cm³/mol. The third kappa shape index (κ3) is 4.31. The summed E-state index contributed by atoms with van der Waals surface area (Å²) in [6.07, 6.45) is 1.60. The number of hydrogen-bond donors (Lipinski definition) is 1. The average molecular weight is 270 g/mol. The summed E-state index contributed by atoms with van der Waals surface area (Å²) in [7, 11) is -3.14. The van der Waals surface area contributed by atoms with Crippen molar-refractivity contribution < 1.29 is 8.42 Å². The number of unbranched alkanes of at least 4 members (excludes halogenated alkanes) is 1. The van der Waals surface area contributed by atoms with Gasteiger partial charge >= 0.3 is 0 Å². The lowest BCUT2D eigenvalue weighted by molar-refractivity contribution is 0.422. The summed E-state index contributed by atoms with van der Waals surface area (Å²) >= 11 is 0. The molecule has 0 spiro atoms. The standard InChI is InChI=1S/C13H22N2O2S/c1-3-5-10-18(16,17)15(4-2)11-12-6-8-13(14)9-7-12/h6-9H,3-5,10-11,14H2,1-2H3. The zero-order valence-corrected chi connectivity index (χ0v) is 11.9. The molecule has 0 unspecified atom stereocenters. The van der Waals surface area contributed by atoms with Gasteiger partial charge in [0.1, 0.15) is 0 Å². The Morgan fingerprint density at radius 3 is 2.28 bits per heavy atom. The highest BCUT2D eigenvalue weighted by molar-refractivity contribution is 7.89. The molecule has 0 saturated heterocycles. The zero-order chi connectivity index (χ0) is 13.6. The number of nitrogen functional groups attached to an aromatic ring is 1. The maximum atomic E-state index is 12.1. The van der Waals surface area contributed by atoms with Crippen molar-refractivity contribution in [1.29, 1.82) is 0 Å². The van der Waals surface area contributed by atoms with E-state index in [1.165, 1.54) is 4.31 Å². The number of anilines is 1. The molecule has 0 bridgehead atoms. The normalized spacial score (nSPS) is 11.9. The van der Waals surface area contributed by atoms with Gasteiger partial charge in [0.25, 0.3) is 0 Å². The monoisotopic (exact) mass is 270 g/mol. The van der Waals surface area contributed by atoms with E-state index in [-0.39, 0.29) is 5.75 Å². The van der Waals surface area contributed by atoms with Crippen molar-refractivity contribution in [3.05, 3.63) is 29.8 Å². The second kappa shape index (κ2) is 6.75. The van der Waals surface area contributed by atoms with E-state index >= 15 is 0 Å². The summed E-state index contributed by atoms with van der Waals surface area (Å²) in [5.41, 5.74) is 7.26. The molecule has 0 saturated carbocycles. The Labute approximate surface area is 110 Å². The van der Waals surface area contributed by atoms with E-state index in [9.17, 15) is 8.42 Å². The summed E-state index contributed by atoms with van der Waals surface area (Å²) in [5.74, 6) is 0.228. The third-order valence-electron chi connectivity index (χ3n) is 2.84. The predicted octanol–water partition coefficient (Wildman–Crippen LogP) is 2.22. The summed E-state index contributed by atoms with van der Waals surface area (Å²) in [5, 5.41) is 0. The van der Waals surface area contributed by atoms with E-state index in [1.807, 2.05) is 26.0 Å². The van der Waals surface area contributed by atoms with E-state index in [0.717, 1.165) is 12.0 Å². The molecule has 1 aromatic rings. The van der Waals surface area contributed by atoms with Gasteiger partial charge in [-0.1, -0.05) is 32.4 Å². The largest absolute Gasteiger partial charge is 0.399 e. The van der Waals surface area contributed by atoms with Crippen LogP contribution in [0.4, 0.5) is 5.69 Å². The first-order chi connectivity index (χ1) is 8.49. The molecule has 0 fully saturated rings. The molecule has 0 aliphatic carbocycles. The Kier molecular flexibility index (Phi) is 5.62. The molecule has 102 valence electrons. The van der Waals surface area contributed by atoms with Gasteiger partial charge in [-0.2, -0.15) is 4.31 Å². The number of hydrogen-bond acceptors (Lipinski definition) is 3. The number of rotatable bonds is 7. The molecule has 0 aliphatic heterocycles. The van der Waals surface area contributed by atoms with Crippen LogP contribution in [-0.2, 0) is 16.6 Å². The van der Waals surface area contributed by atoms with Crippen LogP contribution >= 0.6 is 0 Å².